The second-order valence-corrected chi connectivity index (χ2v) is 4.66. The molecule has 1 aromatic carbocycles. The van der Waals surface area contributed by atoms with Gasteiger partial charge in [0.15, 0.2) is 0 Å². The molecule has 3 heteroatoms. The first-order valence-corrected chi connectivity index (χ1v) is 6.04. The van der Waals surface area contributed by atoms with Gasteiger partial charge in [-0.25, -0.2) is 0 Å². The van der Waals surface area contributed by atoms with Crippen molar-refractivity contribution in [2.45, 2.75) is 26.2 Å². The molecule has 0 aliphatic carbocycles. The molecule has 0 radical (unpaired) electrons. The predicted octanol–water partition coefficient (Wildman–Crippen LogP) is 2.50. The Morgan fingerprint density at radius 2 is 2.06 bits per heavy atom. The highest BCUT2D eigenvalue weighted by atomic mass is 16.5. The first-order valence-electron chi connectivity index (χ1n) is 6.04. The molecule has 92 valence electrons. The molecule has 1 aromatic heterocycles. The molecular weight excluding hydrogens is 226 g/mol. The smallest absolute Gasteiger partial charge is 0.106 e. The third kappa shape index (κ3) is 1.92. The van der Waals surface area contributed by atoms with Gasteiger partial charge < -0.3 is 9.84 Å². The second-order valence-electron chi connectivity index (χ2n) is 4.66. The lowest BCUT2D eigenvalue weighted by Crippen LogP contribution is -2.03. The van der Waals surface area contributed by atoms with Crippen molar-refractivity contribution in [3.63, 3.8) is 0 Å². The highest BCUT2D eigenvalue weighted by molar-refractivity contribution is 5.39. The van der Waals surface area contributed by atoms with Crippen molar-refractivity contribution in [3.8, 4) is 0 Å². The minimum atomic E-state index is -0.621. The molecule has 0 saturated carbocycles. The van der Waals surface area contributed by atoms with Crippen LogP contribution in [0.15, 0.2) is 36.7 Å². The van der Waals surface area contributed by atoms with Crippen LogP contribution in [0, 0.1) is 6.92 Å². The van der Waals surface area contributed by atoms with Gasteiger partial charge in [-0.05, 0) is 35.2 Å². The van der Waals surface area contributed by atoms with E-state index in [1.165, 1.54) is 11.1 Å². The van der Waals surface area contributed by atoms with Gasteiger partial charge in [-0.3, -0.25) is 4.98 Å². The number of hydrogen-bond acceptors (Lipinski definition) is 3. The number of aryl methyl sites for hydroxylation is 1. The van der Waals surface area contributed by atoms with E-state index in [-0.39, 0.29) is 0 Å². The zero-order chi connectivity index (χ0) is 12.5. The third-order valence-electron chi connectivity index (χ3n) is 3.44. The van der Waals surface area contributed by atoms with Gasteiger partial charge in [0.25, 0.3) is 0 Å². The summed E-state index contributed by atoms with van der Waals surface area (Å²) in [5.41, 5.74) is 5.20. The second kappa shape index (κ2) is 4.52. The Hall–Kier alpha value is -1.71. The van der Waals surface area contributed by atoms with Crippen LogP contribution in [0.3, 0.4) is 0 Å². The predicted molar refractivity (Wildman–Crippen MR) is 68.0 cm³/mol. The van der Waals surface area contributed by atoms with Crippen LogP contribution in [0.5, 0.6) is 0 Å². The van der Waals surface area contributed by atoms with Crippen molar-refractivity contribution >= 4 is 0 Å². The number of benzene rings is 1. The number of aliphatic hydroxyl groups is 1. The summed E-state index contributed by atoms with van der Waals surface area (Å²) in [6.07, 6.45) is 2.84. The lowest BCUT2D eigenvalue weighted by atomic mass is 9.96. The molecule has 0 amide bonds. The lowest BCUT2D eigenvalue weighted by Gasteiger charge is -2.14. The Labute approximate surface area is 106 Å². The van der Waals surface area contributed by atoms with Gasteiger partial charge >= 0.3 is 0 Å². The summed E-state index contributed by atoms with van der Waals surface area (Å²) in [6.45, 7) is 3.30. The average molecular weight is 241 g/mol. The van der Waals surface area contributed by atoms with E-state index in [1.54, 1.807) is 12.4 Å². The zero-order valence-electron chi connectivity index (χ0n) is 10.3. The topological polar surface area (TPSA) is 42.4 Å². The standard InChI is InChI=1S/C15H15NO2/c1-10-4-5-16-7-14(10)15(17)11-2-3-12-8-18-9-13(12)6-11/h2-7,15,17H,8-9H2,1H3. The summed E-state index contributed by atoms with van der Waals surface area (Å²) < 4.78 is 5.39. The molecule has 0 spiro atoms. The van der Waals surface area contributed by atoms with E-state index in [9.17, 15) is 5.11 Å². The van der Waals surface area contributed by atoms with Gasteiger partial charge in [0.05, 0.1) is 13.2 Å². The molecule has 0 fully saturated rings. The average Bonchev–Trinajstić information content (AvgIpc) is 2.85. The van der Waals surface area contributed by atoms with Gasteiger partial charge in [0.2, 0.25) is 0 Å². The van der Waals surface area contributed by atoms with Crippen LogP contribution in [0.2, 0.25) is 0 Å². The Morgan fingerprint density at radius 3 is 2.89 bits per heavy atom. The van der Waals surface area contributed by atoms with Crippen LogP contribution in [0.25, 0.3) is 0 Å². The molecule has 2 aromatic rings. The first-order chi connectivity index (χ1) is 8.75. The molecular formula is C15H15NO2. The van der Waals surface area contributed by atoms with Gasteiger partial charge in [-0.2, -0.15) is 0 Å². The number of hydrogen-bond donors (Lipinski definition) is 1. The van der Waals surface area contributed by atoms with Crippen molar-refractivity contribution in [2.75, 3.05) is 0 Å². The minimum Gasteiger partial charge on any atom is -0.384 e. The fourth-order valence-electron chi connectivity index (χ4n) is 2.30. The van der Waals surface area contributed by atoms with E-state index in [1.807, 2.05) is 31.2 Å². The zero-order valence-corrected chi connectivity index (χ0v) is 10.3. The van der Waals surface area contributed by atoms with Gasteiger partial charge in [-0.1, -0.05) is 18.2 Å². The molecule has 3 rings (SSSR count). The normalized spacial score (nSPS) is 15.4. The van der Waals surface area contributed by atoms with Crippen LogP contribution in [0.4, 0.5) is 0 Å². The monoisotopic (exact) mass is 241 g/mol. The van der Waals surface area contributed by atoms with Gasteiger partial charge in [0.1, 0.15) is 6.10 Å². The maximum absolute atomic E-state index is 10.4. The van der Waals surface area contributed by atoms with E-state index in [0.29, 0.717) is 13.2 Å². The molecule has 0 saturated heterocycles. The molecule has 18 heavy (non-hydrogen) atoms. The number of aromatic nitrogens is 1. The summed E-state index contributed by atoms with van der Waals surface area (Å²) in [7, 11) is 0. The highest BCUT2D eigenvalue weighted by Crippen LogP contribution is 2.28. The van der Waals surface area contributed by atoms with Crippen molar-refractivity contribution in [2.24, 2.45) is 0 Å². The quantitative estimate of drug-likeness (QED) is 0.878. The minimum absolute atomic E-state index is 0.621. The molecule has 1 atom stereocenters. The van der Waals surface area contributed by atoms with Crippen LogP contribution in [0.1, 0.15) is 33.9 Å². The van der Waals surface area contributed by atoms with E-state index >= 15 is 0 Å². The summed E-state index contributed by atoms with van der Waals surface area (Å²) in [6, 6.07) is 7.94. The Bertz CT molecular complexity index is 580. The number of rotatable bonds is 2. The van der Waals surface area contributed by atoms with E-state index in [0.717, 1.165) is 16.7 Å². The van der Waals surface area contributed by atoms with E-state index in [4.69, 9.17) is 4.74 Å². The molecule has 0 bridgehead atoms. The Balaban J connectivity index is 1.98. The molecule has 1 unspecified atom stereocenters. The number of nitrogens with zero attached hydrogens (tertiary/aromatic N) is 1. The Morgan fingerprint density at radius 1 is 1.22 bits per heavy atom. The SMILES string of the molecule is Cc1ccncc1C(O)c1ccc2c(c1)COC2. The van der Waals surface area contributed by atoms with Gasteiger partial charge in [0, 0.05) is 18.0 Å². The van der Waals surface area contributed by atoms with Crippen LogP contribution >= 0.6 is 0 Å². The maximum Gasteiger partial charge on any atom is 0.106 e. The van der Waals surface area contributed by atoms with Crippen molar-refractivity contribution < 1.29 is 9.84 Å². The van der Waals surface area contributed by atoms with Crippen molar-refractivity contribution in [1.82, 2.24) is 4.98 Å². The van der Waals surface area contributed by atoms with Crippen LogP contribution < -0.4 is 0 Å². The number of aliphatic hydroxyl groups excluding tert-OH is 1. The van der Waals surface area contributed by atoms with E-state index < -0.39 is 6.10 Å². The number of ether oxygens (including phenoxy) is 1. The van der Waals surface area contributed by atoms with Crippen molar-refractivity contribution in [1.29, 1.82) is 0 Å². The summed E-state index contributed by atoms with van der Waals surface area (Å²) in [4.78, 5) is 4.08. The molecule has 2 heterocycles. The fraction of sp³-hybridized carbons (Fsp3) is 0.267. The van der Waals surface area contributed by atoms with Crippen molar-refractivity contribution in [3.05, 3.63) is 64.5 Å². The largest absolute Gasteiger partial charge is 0.384 e. The number of pyridine rings is 1. The summed E-state index contributed by atoms with van der Waals surface area (Å²) >= 11 is 0. The molecule has 3 nitrogen and oxygen atoms in total. The molecule has 1 N–H and O–H groups in total. The molecule has 1 aliphatic rings. The van der Waals surface area contributed by atoms with E-state index in [2.05, 4.69) is 4.98 Å². The Kier molecular flexibility index (Phi) is 2.86. The van der Waals surface area contributed by atoms with Crippen LogP contribution in [-0.4, -0.2) is 10.1 Å². The molecule has 1 aliphatic heterocycles. The maximum atomic E-state index is 10.4. The summed E-state index contributed by atoms with van der Waals surface area (Å²) in [5.74, 6) is 0. The highest BCUT2D eigenvalue weighted by Gasteiger charge is 2.17. The van der Waals surface area contributed by atoms with Crippen LogP contribution in [-0.2, 0) is 18.0 Å². The lowest BCUT2D eigenvalue weighted by molar-refractivity contribution is 0.134. The fourth-order valence-corrected chi connectivity index (χ4v) is 2.30. The first kappa shape index (κ1) is 11.4. The third-order valence-corrected chi connectivity index (χ3v) is 3.44. The van der Waals surface area contributed by atoms with Gasteiger partial charge in [-0.15, -0.1) is 0 Å². The number of fused-ring (bicyclic) bond motifs is 1. The summed E-state index contributed by atoms with van der Waals surface area (Å²) in [5, 5.41) is 10.4.